The number of nitrogens with two attached hydrogens (primary N) is 1. The van der Waals surface area contributed by atoms with Crippen molar-refractivity contribution in [2.45, 2.75) is 17.9 Å². The van der Waals surface area contributed by atoms with Crippen LogP contribution in [0.5, 0.6) is 0 Å². The summed E-state index contributed by atoms with van der Waals surface area (Å²) in [5.74, 6) is 5.25. The van der Waals surface area contributed by atoms with Crippen LogP contribution in [0.4, 0.5) is 0 Å². The summed E-state index contributed by atoms with van der Waals surface area (Å²) in [6.45, 7) is 2.42. The van der Waals surface area contributed by atoms with Crippen LogP contribution >= 0.6 is 0 Å². The molecule has 1 unspecified atom stereocenters. The summed E-state index contributed by atoms with van der Waals surface area (Å²) in [6, 6.07) is 5.54. The molecule has 1 fully saturated rings. The second kappa shape index (κ2) is 6.26. The molecule has 0 aromatic heterocycles. The van der Waals surface area contributed by atoms with Crippen molar-refractivity contribution in [1.82, 2.24) is 9.62 Å². The molecular weight excluding hydrogens is 290 g/mol. The van der Waals surface area contributed by atoms with Crippen LogP contribution in [0.25, 0.3) is 0 Å². The molecule has 1 saturated heterocycles. The van der Waals surface area contributed by atoms with Crippen molar-refractivity contribution in [3.05, 3.63) is 29.8 Å². The Morgan fingerprint density at radius 1 is 1.38 bits per heavy atom. The fourth-order valence-electron chi connectivity index (χ4n) is 2.09. The number of nitrogens with zero attached hydrogens (tertiary/aromatic N) is 1. The van der Waals surface area contributed by atoms with E-state index >= 15 is 0 Å². The third-order valence-electron chi connectivity index (χ3n) is 3.24. The lowest BCUT2D eigenvalue weighted by atomic mass is 10.2. The van der Waals surface area contributed by atoms with Crippen molar-refractivity contribution < 1.29 is 13.2 Å². The molecule has 0 radical (unpaired) electrons. The summed E-state index contributed by atoms with van der Waals surface area (Å²) in [6.07, 6.45) is 0. The van der Waals surface area contributed by atoms with Gasteiger partial charge < -0.3 is 11.1 Å². The Bertz CT molecular complexity index is 686. The Hall–Kier alpha value is -1.88. The lowest BCUT2D eigenvalue weighted by Gasteiger charge is -2.31. The third-order valence-corrected chi connectivity index (χ3v) is 5.22. The molecule has 1 atom stereocenters. The minimum Gasteiger partial charge on any atom is -0.353 e. The summed E-state index contributed by atoms with van der Waals surface area (Å²) in [5, 5.41) is 2.64. The Kier molecular flexibility index (Phi) is 4.63. The lowest BCUT2D eigenvalue weighted by Crippen LogP contribution is -2.55. The van der Waals surface area contributed by atoms with Gasteiger partial charge in [-0.3, -0.25) is 4.79 Å². The maximum atomic E-state index is 12.6. The molecule has 112 valence electrons. The van der Waals surface area contributed by atoms with Gasteiger partial charge in [0.25, 0.3) is 0 Å². The first kappa shape index (κ1) is 15.5. The first-order valence-corrected chi connectivity index (χ1v) is 7.99. The molecule has 2 rings (SSSR count). The highest BCUT2D eigenvalue weighted by Crippen LogP contribution is 2.20. The van der Waals surface area contributed by atoms with E-state index in [9.17, 15) is 13.2 Å². The zero-order valence-corrected chi connectivity index (χ0v) is 12.5. The Balaban J connectivity index is 2.29. The van der Waals surface area contributed by atoms with E-state index in [1.165, 1.54) is 16.4 Å². The van der Waals surface area contributed by atoms with Gasteiger partial charge in [0, 0.05) is 18.7 Å². The van der Waals surface area contributed by atoms with Crippen LogP contribution in [0.2, 0.25) is 0 Å². The Morgan fingerprint density at radius 2 is 2.05 bits per heavy atom. The molecule has 6 nitrogen and oxygen atoms in total. The number of carbonyl (C=O) groups excluding carboxylic acids is 1. The molecule has 0 saturated carbocycles. The molecule has 1 aromatic carbocycles. The topological polar surface area (TPSA) is 92.5 Å². The van der Waals surface area contributed by atoms with Crippen molar-refractivity contribution in [3.8, 4) is 11.8 Å². The predicted molar refractivity (Wildman–Crippen MR) is 78.7 cm³/mol. The molecule has 0 bridgehead atoms. The van der Waals surface area contributed by atoms with Crippen LogP contribution < -0.4 is 11.1 Å². The van der Waals surface area contributed by atoms with Gasteiger partial charge in [-0.15, -0.1) is 0 Å². The molecule has 3 N–H and O–H groups in total. The maximum absolute atomic E-state index is 12.6. The van der Waals surface area contributed by atoms with Gasteiger partial charge in [0.15, 0.2) is 0 Å². The molecule has 1 aliphatic heterocycles. The highest BCUT2D eigenvalue weighted by atomic mass is 32.2. The van der Waals surface area contributed by atoms with E-state index < -0.39 is 16.1 Å². The quantitative estimate of drug-likeness (QED) is 0.721. The number of hydrogen-bond acceptors (Lipinski definition) is 4. The van der Waals surface area contributed by atoms with Gasteiger partial charge in [-0.05, 0) is 31.2 Å². The van der Waals surface area contributed by atoms with E-state index in [1.54, 1.807) is 19.1 Å². The zero-order valence-electron chi connectivity index (χ0n) is 11.7. The zero-order chi connectivity index (χ0) is 15.5. The first-order valence-electron chi connectivity index (χ1n) is 6.55. The monoisotopic (exact) mass is 307 g/mol. The molecule has 0 spiro atoms. The van der Waals surface area contributed by atoms with Gasteiger partial charge in [-0.2, -0.15) is 4.31 Å². The SMILES string of the molecule is CC1C(=O)NCCN1S(=O)(=O)c1ccc(C#CCN)cc1. The highest BCUT2D eigenvalue weighted by molar-refractivity contribution is 7.89. The van der Waals surface area contributed by atoms with Crippen LogP contribution in [-0.4, -0.2) is 44.3 Å². The fourth-order valence-corrected chi connectivity index (χ4v) is 3.68. The van der Waals surface area contributed by atoms with E-state index in [1.807, 2.05) is 0 Å². The molecule has 21 heavy (non-hydrogen) atoms. The van der Waals surface area contributed by atoms with Crippen LogP contribution in [0.1, 0.15) is 12.5 Å². The van der Waals surface area contributed by atoms with E-state index in [0.29, 0.717) is 12.1 Å². The minimum absolute atomic E-state index is 0.155. The van der Waals surface area contributed by atoms with Crippen molar-refractivity contribution in [3.63, 3.8) is 0 Å². The van der Waals surface area contributed by atoms with Crippen LogP contribution in [0, 0.1) is 11.8 Å². The van der Waals surface area contributed by atoms with Crippen molar-refractivity contribution in [2.24, 2.45) is 5.73 Å². The number of amides is 1. The maximum Gasteiger partial charge on any atom is 0.243 e. The van der Waals surface area contributed by atoms with Crippen molar-refractivity contribution >= 4 is 15.9 Å². The van der Waals surface area contributed by atoms with Crippen LogP contribution in [0.15, 0.2) is 29.2 Å². The minimum atomic E-state index is -3.68. The summed E-state index contributed by atoms with van der Waals surface area (Å²) in [7, 11) is -3.68. The number of benzene rings is 1. The highest BCUT2D eigenvalue weighted by Gasteiger charge is 2.35. The largest absolute Gasteiger partial charge is 0.353 e. The number of nitrogens with one attached hydrogen (secondary N) is 1. The summed E-state index contributed by atoms with van der Waals surface area (Å²) >= 11 is 0. The molecule has 1 heterocycles. The Morgan fingerprint density at radius 3 is 2.67 bits per heavy atom. The van der Waals surface area contributed by atoms with Gasteiger partial charge in [0.05, 0.1) is 11.4 Å². The van der Waals surface area contributed by atoms with Gasteiger partial charge in [0.1, 0.15) is 6.04 Å². The molecule has 1 amide bonds. The molecule has 7 heteroatoms. The summed E-state index contributed by atoms with van der Waals surface area (Å²) < 4.78 is 26.3. The number of rotatable bonds is 2. The summed E-state index contributed by atoms with van der Waals surface area (Å²) in [5.41, 5.74) is 5.99. The number of carbonyl (C=O) groups is 1. The smallest absolute Gasteiger partial charge is 0.243 e. The fraction of sp³-hybridized carbons (Fsp3) is 0.357. The van der Waals surface area contributed by atoms with Crippen molar-refractivity contribution in [1.29, 1.82) is 0 Å². The van der Waals surface area contributed by atoms with Gasteiger partial charge in [-0.1, -0.05) is 11.8 Å². The Labute approximate surface area is 124 Å². The third kappa shape index (κ3) is 3.24. The van der Waals surface area contributed by atoms with Crippen LogP contribution in [-0.2, 0) is 14.8 Å². The van der Waals surface area contributed by atoms with E-state index in [-0.39, 0.29) is 23.9 Å². The second-order valence-electron chi connectivity index (χ2n) is 4.61. The molecule has 1 aromatic rings. The van der Waals surface area contributed by atoms with E-state index in [4.69, 9.17) is 5.73 Å². The normalized spacial score (nSPS) is 19.5. The number of hydrogen-bond donors (Lipinski definition) is 2. The average molecular weight is 307 g/mol. The molecule has 0 aliphatic carbocycles. The second-order valence-corrected chi connectivity index (χ2v) is 6.50. The van der Waals surface area contributed by atoms with Crippen LogP contribution in [0.3, 0.4) is 0 Å². The molecule has 1 aliphatic rings. The number of sulfonamides is 1. The van der Waals surface area contributed by atoms with Gasteiger partial charge >= 0.3 is 0 Å². The number of piperazine rings is 1. The average Bonchev–Trinajstić information content (AvgIpc) is 2.48. The van der Waals surface area contributed by atoms with Crippen molar-refractivity contribution in [2.75, 3.05) is 19.6 Å². The van der Waals surface area contributed by atoms with Gasteiger partial charge in [-0.25, -0.2) is 8.42 Å². The van der Waals surface area contributed by atoms with E-state index in [2.05, 4.69) is 17.2 Å². The summed E-state index contributed by atoms with van der Waals surface area (Å²) in [4.78, 5) is 11.8. The standard InChI is InChI=1S/C14H17N3O3S/c1-11-14(18)16-9-10-17(11)21(19,20)13-6-4-12(5-7-13)3-2-8-15/h4-7,11H,8-10,15H2,1H3,(H,16,18). The lowest BCUT2D eigenvalue weighted by molar-refractivity contribution is -0.126. The predicted octanol–water partition coefficient (Wildman–Crippen LogP) is -0.494. The van der Waals surface area contributed by atoms with E-state index in [0.717, 1.165) is 0 Å². The molecular formula is C14H17N3O3S. The van der Waals surface area contributed by atoms with Gasteiger partial charge in [0.2, 0.25) is 15.9 Å². The first-order chi connectivity index (χ1) is 9.96.